The van der Waals surface area contributed by atoms with Gasteiger partial charge in [-0.1, -0.05) is 23.7 Å². The number of carbonyl (C=O) groups is 1. The van der Waals surface area contributed by atoms with Crippen molar-refractivity contribution in [3.05, 3.63) is 34.9 Å². The Hall–Kier alpha value is -1.10. The molecule has 0 bridgehead atoms. The fraction of sp³-hybridized carbons (Fsp3) is 0.611. The zero-order chi connectivity index (χ0) is 16.3. The van der Waals surface area contributed by atoms with Crippen LogP contribution < -0.4 is 5.32 Å². The van der Waals surface area contributed by atoms with Gasteiger partial charge in [0.05, 0.1) is 5.41 Å². The Morgan fingerprint density at radius 1 is 1.43 bits per heavy atom. The molecule has 1 atom stereocenters. The Kier molecular flexibility index (Phi) is 5.24. The average Bonchev–Trinajstić information content (AvgIpc) is 3.04. The van der Waals surface area contributed by atoms with Crippen LogP contribution in [0.2, 0.25) is 5.02 Å². The summed E-state index contributed by atoms with van der Waals surface area (Å²) in [7, 11) is 1.97. The molecule has 0 aliphatic carbocycles. The topological polar surface area (TPSA) is 41.6 Å². The van der Waals surface area contributed by atoms with Crippen molar-refractivity contribution in [1.29, 1.82) is 0 Å². The van der Waals surface area contributed by atoms with E-state index in [0.29, 0.717) is 24.2 Å². The fourth-order valence-corrected chi connectivity index (χ4v) is 4.10. The molecule has 0 saturated carbocycles. The third kappa shape index (κ3) is 3.39. The number of rotatable bonds is 4. The van der Waals surface area contributed by atoms with E-state index in [0.717, 1.165) is 44.5 Å². The van der Waals surface area contributed by atoms with E-state index in [4.69, 9.17) is 16.3 Å². The largest absolute Gasteiger partial charge is 0.381 e. The lowest BCUT2D eigenvalue weighted by molar-refractivity contribution is -0.140. The Labute approximate surface area is 143 Å². The number of halogens is 1. The molecule has 1 unspecified atom stereocenters. The van der Waals surface area contributed by atoms with Crippen LogP contribution in [0.4, 0.5) is 0 Å². The van der Waals surface area contributed by atoms with E-state index in [1.807, 2.05) is 36.2 Å². The summed E-state index contributed by atoms with van der Waals surface area (Å²) in [4.78, 5) is 15.4. The first-order valence-electron chi connectivity index (χ1n) is 8.43. The molecule has 23 heavy (non-hydrogen) atoms. The lowest BCUT2D eigenvalue weighted by Crippen LogP contribution is -2.49. The number of benzene rings is 1. The number of hydrogen-bond acceptors (Lipinski definition) is 3. The molecule has 2 aliphatic rings. The van der Waals surface area contributed by atoms with E-state index in [9.17, 15) is 4.79 Å². The van der Waals surface area contributed by atoms with Crippen LogP contribution in [0, 0.1) is 5.92 Å². The van der Waals surface area contributed by atoms with Crippen LogP contribution >= 0.6 is 11.6 Å². The zero-order valence-corrected chi connectivity index (χ0v) is 14.4. The molecular formula is C18H25ClN2O2. The van der Waals surface area contributed by atoms with Crippen LogP contribution in [0.3, 0.4) is 0 Å². The Balaban J connectivity index is 1.86. The maximum absolute atomic E-state index is 13.4. The van der Waals surface area contributed by atoms with E-state index < -0.39 is 5.41 Å². The van der Waals surface area contributed by atoms with Crippen molar-refractivity contribution in [2.24, 2.45) is 5.92 Å². The van der Waals surface area contributed by atoms with E-state index in [-0.39, 0.29) is 5.91 Å². The minimum Gasteiger partial charge on any atom is -0.381 e. The van der Waals surface area contributed by atoms with Gasteiger partial charge in [0.1, 0.15) is 0 Å². The molecule has 2 saturated heterocycles. The van der Waals surface area contributed by atoms with Gasteiger partial charge in [-0.05, 0) is 56.5 Å². The first-order valence-corrected chi connectivity index (χ1v) is 8.81. The van der Waals surface area contributed by atoms with Gasteiger partial charge in [-0.3, -0.25) is 4.79 Å². The van der Waals surface area contributed by atoms with Gasteiger partial charge in [0.2, 0.25) is 5.91 Å². The fourth-order valence-electron chi connectivity index (χ4n) is 3.91. The molecule has 2 heterocycles. The molecule has 2 fully saturated rings. The molecule has 0 spiro atoms. The van der Waals surface area contributed by atoms with Gasteiger partial charge in [0.15, 0.2) is 0 Å². The first kappa shape index (κ1) is 16.7. The van der Waals surface area contributed by atoms with E-state index >= 15 is 0 Å². The number of carbonyl (C=O) groups excluding carboxylic acids is 1. The summed E-state index contributed by atoms with van der Waals surface area (Å²) in [5.74, 6) is 0.807. The minimum absolute atomic E-state index is 0.252. The van der Waals surface area contributed by atoms with E-state index in [2.05, 4.69) is 5.32 Å². The molecule has 4 nitrogen and oxygen atoms in total. The molecule has 1 amide bonds. The lowest BCUT2D eigenvalue weighted by Gasteiger charge is -2.39. The van der Waals surface area contributed by atoms with Crippen molar-refractivity contribution in [1.82, 2.24) is 10.2 Å². The lowest BCUT2D eigenvalue weighted by atomic mass is 9.73. The summed E-state index contributed by atoms with van der Waals surface area (Å²) in [6.07, 6.45) is 2.55. The van der Waals surface area contributed by atoms with Crippen molar-refractivity contribution >= 4 is 17.5 Å². The van der Waals surface area contributed by atoms with Crippen molar-refractivity contribution in [2.75, 3.05) is 39.9 Å². The summed E-state index contributed by atoms with van der Waals surface area (Å²) >= 11 is 6.19. The van der Waals surface area contributed by atoms with Gasteiger partial charge in [0.25, 0.3) is 0 Å². The molecule has 126 valence electrons. The van der Waals surface area contributed by atoms with Crippen LogP contribution in [-0.2, 0) is 14.9 Å². The highest BCUT2D eigenvalue weighted by Crippen LogP contribution is 2.38. The summed E-state index contributed by atoms with van der Waals surface area (Å²) in [5, 5.41) is 3.91. The van der Waals surface area contributed by atoms with Gasteiger partial charge in [-0.25, -0.2) is 0 Å². The molecule has 0 radical (unpaired) electrons. The Morgan fingerprint density at radius 2 is 2.22 bits per heavy atom. The number of likely N-dealkylation sites (tertiary alicyclic amines) is 1. The number of ether oxygens (including phenoxy) is 1. The van der Waals surface area contributed by atoms with Crippen LogP contribution in [0.1, 0.15) is 24.8 Å². The molecule has 5 heteroatoms. The molecule has 0 aromatic heterocycles. The van der Waals surface area contributed by atoms with Crippen molar-refractivity contribution in [2.45, 2.75) is 24.7 Å². The van der Waals surface area contributed by atoms with Crippen LogP contribution in [-0.4, -0.2) is 50.7 Å². The highest BCUT2D eigenvalue weighted by atomic mass is 35.5. The molecular weight excluding hydrogens is 312 g/mol. The van der Waals surface area contributed by atoms with Gasteiger partial charge in [-0.15, -0.1) is 0 Å². The van der Waals surface area contributed by atoms with Crippen LogP contribution in [0.25, 0.3) is 0 Å². The smallest absolute Gasteiger partial charge is 0.233 e. The maximum Gasteiger partial charge on any atom is 0.233 e. The number of amides is 1. The minimum atomic E-state index is -0.475. The number of nitrogens with one attached hydrogen (secondary N) is 1. The predicted octanol–water partition coefficient (Wildman–Crippen LogP) is 2.46. The predicted molar refractivity (Wildman–Crippen MR) is 91.8 cm³/mol. The normalized spacial score (nSPS) is 23.9. The summed E-state index contributed by atoms with van der Waals surface area (Å²) in [6.45, 7) is 3.94. The van der Waals surface area contributed by atoms with Gasteiger partial charge in [-0.2, -0.15) is 0 Å². The standard InChI is InChI=1S/C18H25ClN2O2/c1-20-12-14-5-8-21(13-14)17(22)18(6-9-23-10-7-18)15-3-2-4-16(19)11-15/h2-4,11,14,20H,5-10,12-13H2,1H3. The maximum atomic E-state index is 13.4. The first-order chi connectivity index (χ1) is 11.2. The number of nitrogens with zero attached hydrogens (tertiary/aromatic N) is 1. The molecule has 1 aromatic rings. The van der Waals surface area contributed by atoms with Gasteiger partial charge in [0, 0.05) is 31.3 Å². The molecule has 2 aliphatic heterocycles. The number of hydrogen-bond donors (Lipinski definition) is 1. The summed E-state index contributed by atoms with van der Waals surface area (Å²) < 4.78 is 5.54. The Morgan fingerprint density at radius 3 is 2.91 bits per heavy atom. The molecule has 1 aromatic carbocycles. The van der Waals surface area contributed by atoms with Crippen molar-refractivity contribution < 1.29 is 9.53 Å². The summed E-state index contributed by atoms with van der Waals surface area (Å²) in [6, 6.07) is 7.79. The van der Waals surface area contributed by atoms with Gasteiger partial charge >= 0.3 is 0 Å². The SMILES string of the molecule is CNCC1CCN(C(=O)C2(c3cccc(Cl)c3)CCOCC2)C1. The second kappa shape index (κ2) is 7.20. The van der Waals surface area contributed by atoms with Crippen molar-refractivity contribution in [3.63, 3.8) is 0 Å². The van der Waals surface area contributed by atoms with E-state index in [1.54, 1.807) is 0 Å². The van der Waals surface area contributed by atoms with E-state index in [1.165, 1.54) is 0 Å². The van der Waals surface area contributed by atoms with Gasteiger partial charge < -0.3 is 15.0 Å². The van der Waals surface area contributed by atoms with Crippen LogP contribution in [0.5, 0.6) is 0 Å². The third-order valence-corrected chi connectivity index (χ3v) is 5.43. The summed E-state index contributed by atoms with van der Waals surface area (Å²) in [5.41, 5.74) is 0.563. The second-order valence-electron chi connectivity index (χ2n) is 6.67. The third-order valence-electron chi connectivity index (χ3n) is 5.20. The Bertz CT molecular complexity index is 558. The average molecular weight is 337 g/mol. The van der Waals surface area contributed by atoms with Crippen molar-refractivity contribution in [3.8, 4) is 0 Å². The molecule has 3 rings (SSSR count). The van der Waals surface area contributed by atoms with Crippen LogP contribution in [0.15, 0.2) is 24.3 Å². The quantitative estimate of drug-likeness (QED) is 0.918. The monoisotopic (exact) mass is 336 g/mol. The zero-order valence-electron chi connectivity index (χ0n) is 13.7. The highest BCUT2D eigenvalue weighted by Gasteiger charge is 2.45. The molecule has 1 N–H and O–H groups in total. The highest BCUT2D eigenvalue weighted by molar-refractivity contribution is 6.30. The second-order valence-corrected chi connectivity index (χ2v) is 7.10.